The van der Waals surface area contributed by atoms with Gasteiger partial charge in [0.05, 0.1) is 0 Å². The summed E-state index contributed by atoms with van der Waals surface area (Å²) < 4.78 is 0. The van der Waals surface area contributed by atoms with Crippen LogP contribution in [0, 0.1) is 0 Å². The second-order valence-corrected chi connectivity index (χ2v) is 0. The minimum Gasteiger partial charge on any atom is -0.0149 e. The fraction of sp³-hybridized carbons (Fsp3) is 0. The van der Waals surface area contributed by atoms with Crippen LogP contribution in [0.1, 0.15) is 0 Å². The van der Waals surface area contributed by atoms with Gasteiger partial charge in [0.15, 0.2) is 0 Å². The molecule has 1 radical (unpaired) electrons. The molecule has 0 aromatic heterocycles. The molecule has 0 N–H and O–H groups in total. The second kappa shape index (κ2) is 19.2. The van der Waals surface area contributed by atoms with Crippen LogP contribution in [-0.2, 0) is 60.9 Å². The van der Waals surface area contributed by atoms with Crippen molar-refractivity contribution in [3.8, 4) is 0 Å². The Labute approximate surface area is 71.1 Å². The van der Waals surface area contributed by atoms with E-state index in [4.69, 9.17) is 0 Å². The van der Waals surface area contributed by atoms with Gasteiger partial charge in [-0.2, -0.15) is 0 Å². The summed E-state index contributed by atoms with van der Waals surface area (Å²) in [6, 6.07) is 0. The third-order valence-electron chi connectivity index (χ3n) is 0. The van der Waals surface area contributed by atoms with Crippen LogP contribution >= 0.6 is 0 Å². The van der Waals surface area contributed by atoms with E-state index in [1.54, 1.807) is 0 Å². The summed E-state index contributed by atoms with van der Waals surface area (Å²) >= 11 is 0. The first-order valence-corrected chi connectivity index (χ1v) is 0. The summed E-state index contributed by atoms with van der Waals surface area (Å²) in [5, 5.41) is 0. The normalized spacial score (nSPS) is 0. The van der Waals surface area contributed by atoms with Crippen LogP contribution in [0.3, 0.4) is 0 Å². The monoisotopic (exact) mass is 267 g/mol. The molecule has 4 heavy (non-hydrogen) atoms. The molecule has 0 fully saturated rings. The van der Waals surface area contributed by atoms with E-state index in [1.807, 2.05) is 0 Å². The first-order chi connectivity index (χ1) is 0. The SMILES string of the molecule is [Cd].[Cu].[Ni].[SiH4]. The number of rotatable bonds is 0. The molecule has 0 amide bonds. The van der Waals surface area contributed by atoms with E-state index in [0.29, 0.717) is 0 Å². The Morgan fingerprint density at radius 3 is 1.00 bits per heavy atom. The van der Waals surface area contributed by atoms with Gasteiger partial charge >= 0.3 is 0 Å². The van der Waals surface area contributed by atoms with E-state index in [9.17, 15) is 0 Å². The Bertz CT molecular complexity index is 8.00. The van der Waals surface area contributed by atoms with Crippen molar-refractivity contribution in [2.75, 3.05) is 0 Å². The molecule has 31 valence electrons. The van der Waals surface area contributed by atoms with E-state index in [2.05, 4.69) is 0 Å². The fourth-order valence-corrected chi connectivity index (χ4v) is 0. The molecule has 0 saturated heterocycles. The van der Waals surface area contributed by atoms with Gasteiger partial charge in [-0.25, -0.2) is 0 Å². The fourth-order valence-electron chi connectivity index (χ4n) is 0. The molecule has 0 spiro atoms. The molecule has 4 heteroatoms. The molecule has 0 saturated carbocycles. The van der Waals surface area contributed by atoms with Gasteiger partial charge in [0, 0.05) is 60.9 Å². The van der Waals surface area contributed by atoms with E-state index in [-0.39, 0.29) is 71.8 Å². The van der Waals surface area contributed by atoms with Gasteiger partial charge in [0.2, 0.25) is 0 Å². The molecule has 0 atom stereocenters. The standard InChI is InChI=1S/Cd.Cu.Ni.H4Si/h;;;1H4. The molecule has 0 aromatic rings. The third kappa shape index (κ3) is 8.91. The maximum atomic E-state index is 0. The van der Waals surface area contributed by atoms with Gasteiger partial charge in [-0.1, -0.05) is 0 Å². The predicted octanol–water partition coefficient (Wildman–Crippen LogP) is -1.46. The van der Waals surface area contributed by atoms with Crippen molar-refractivity contribution in [3.63, 3.8) is 0 Å². The van der Waals surface area contributed by atoms with Gasteiger partial charge in [0.25, 0.3) is 0 Å². The van der Waals surface area contributed by atoms with Gasteiger partial charge in [-0.05, 0) is 11.0 Å². The topological polar surface area (TPSA) is 0 Å². The van der Waals surface area contributed by atoms with Crippen molar-refractivity contribution >= 4 is 11.0 Å². The molecule has 0 nitrogen and oxygen atoms in total. The summed E-state index contributed by atoms with van der Waals surface area (Å²) in [4.78, 5) is 0. The number of hydrogen-bond acceptors (Lipinski definition) is 0. The molecule has 0 aliphatic rings. The molecule has 0 unspecified atom stereocenters. The van der Waals surface area contributed by atoms with Crippen LogP contribution in [0.5, 0.6) is 0 Å². The van der Waals surface area contributed by atoms with Gasteiger partial charge in [0.1, 0.15) is 0 Å². The van der Waals surface area contributed by atoms with Crippen molar-refractivity contribution in [1.82, 2.24) is 0 Å². The summed E-state index contributed by atoms with van der Waals surface area (Å²) in [7, 11) is 0. The van der Waals surface area contributed by atoms with E-state index < -0.39 is 0 Å². The molecular formula is H4CdCuNiSi. The van der Waals surface area contributed by atoms with Gasteiger partial charge in [-0.3, -0.25) is 0 Å². The quantitative estimate of drug-likeness (QED) is 0.470. The second-order valence-electron chi connectivity index (χ2n) is 0. The van der Waals surface area contributed by atoms with E-state index >= 15 is 0 Å². The Morgan fingerprint density at radius 2 is 1.00 bits per heavy atom. The zero-order valence-corrected chi connectivity index (χ0v) is 7.29. The van der Waals surface area contributed by atoms with Gasteiger partial charge in [-0.15, -0.1) is 0 Å². The molecule has 0 aromatic carbocycles. The minimum absolute atomic E-state index is 0. The Morgan fingerprint density at radius 1 is 1.00 bits per heavy atom. The largest absolute Gasteiger partial charge is 0.0149 e. The summed E-state index contributed by atoms with van der Waals surface area (Å²) in [6.07, 6.45) is 0. The molecule has 0 aliphatic heterocycles. The maximum Gasteiger partial charge on any atom is 0 e. The van der Waals surface area contributed by atoms with Crippen LogP contribution in [0.4, 0.5) is 0 Å². The first-order valence-electron chi connectivity index (χ1n) is 0. The molecule has 0 bridgehead atoms. The average molecular weight is 267 g/mol. The first kappa shape index (κ1) is 35.3. The molecular weight excluding hydrogens is 263 g/mol. The van der Waals surface area contributed by atoms with Crippen LogP contribution in [0.2, 0.25) is 0 Å². The molecule has 0 heterocycles. The van der Waals surface area contributed by atoms with Crippen molar-refractivity contribution in [2.24, 2.45) is 0 Å². The van der Waals surface area contributed by atoms with Gasteiger partial charge < -0.3 is 0 Å². The summed E-state index contributed by atoms with van der Waals surface area (Å²) in [6.45, 7) is 0. The van der Waals surface area contributed by atoms with Crippen LogP contribution in [0.25, 0.3) is 0 Å². The van der Waals surface area contributed by atoms with Crippen LogP contribution in [-0.4, -0.2) is 11.0 Å². The third-order valence-corrected chi connectivity index (χ3v) is 0. The van der Waals surface area contributed by atoms with E-state index in [1.165, 1.54) is 0 Å². The van der Waals surface area contributed by atoms with Crippen LogP contribution in [0.15, 0.2) is 0 Å². The summed E-state index contributed by atoms with van der Waals surface area (Å²) in [5.41, 5.74) is 0. The minimum atomic E-state index is 0. The smallest absolute Gasteiger partial charge is 0 e. The zero-order chi connectivity index (χ0) is 0. The zero-order valence-electron chi connectivity index (χ0n) is 1.32. The Hall–Kier alpha value is 2.15. The van der Waals surface area contributed by atoms with Crippen molar-refractivity contribution in [3.05, 3.63) is 0 Å². The molecule has 0 aliphatic carbocycles. The predicted molar refractivity (Wildman–Crippen MR) is 11.3 cm³/mol. The Balaban J connectivity index is 0. The van der Waals surface area contributed by atoms with Crippen molar-refractivity contribution < 1.29 is 60.9 Å². The molecule has 0 rings (SSSR count). The Kier molecular flexibility index (Phi) is 169. The summed E-state index contributed by atoms with van der Waals surface area (Å²) in [5.74, 6) is 0. The van der Waals surface area contributed by atoms with Crippen molar-refractivity contribution in [2.45, 2.75) is 0 Å². The van der Waals surface area contributed by atoms with Crippen LogP contribution < -0.4 is 0 Å². The average Bonchev–Trinajstić information content (AvgIpc) is 0. The number of hydrogen-bond donors (Lipinski definition) is 0. The van der Waals surface area contributed by atoms with E-state index in [0.717, 1.165) is 0 Å². The maximum absolute atomic E-state index is 0. The van der Waals surface area contributed by atoms with Crippen molar-refractivity contribution in [1.29, 1.82) is 0 Å².